The molecular formula is C21H22N2O2. The normalized spacial score (nSPS) is 10.9. The number of carbonyl (C=O) groups excluding carboxylic acids is 1. The van der Waals surface area contributed by atoms with Gasteiger partial charge in [0.15, 0.2) is 0 Å². The van der Waals surface area contributed by atoms with E-state index < -0.39 is 0 Å². The highest BCUT2D eigenvalue weighted by Crippen LogP contribution is 2.24. The van der Waals surface area contributed by atoms with Gasteiger partial charge in [-0.2, -0.15) is 0 Å². The fourth-order valence-electron chi connectivity index (χ4n) is 3.33. The number of nitrogens with zero attached hydrogens (tertiary/aromatic N) is 2. The average molecular weight is 334 g/mol. The van der Waals surface area contributed by atoms with Gasteiger partial charge in [-0.05, 0) is 55.2 Å². The molecule has 0 fully saturated rings. The summed E-state index contributed by atoms with van der Waals surface area (Å²) in [6, 6.07) is 8.14. The van der Waals surface area contributed by atoms with Gasteiger partial charge in [-0.1, -0.05) is 30.4 Å². The van der Waals surface area contributed by atoms with Crippen molar-refractivity contribution in [3.63, 3.8) is 0 Å². The first-order valence-electron chi connectivity index (χ1n) is 8.21. The number of benzene rings is 1. The van der Waals surface area contributed by atoms with Gasteiger partial charge >= 0.3 is 5.97 Å². The van der Waals surface area contributed by atoms with E-state index in [1.807, 2.05) is 16.7 Å². The Bertz CT molecular complexity index is 960. The maximum Gasteiger partial charge on any atom is 0.354 e. The zero-order chi connectivity index (χ0) is 18.1. The fraction of sp³-hybridized carbons (Fsp3) is 0.238. The monoisotopic (exact) mass is 334 g/mol. The van der Waals surface area contributed by atoms with Crippen molar-refractivity contribution in [2.75, 3.05) is 7.11 Å². The molecule has 0 bridgehead atoms. The molecule has 25 heavy (non-hydrogen) atoms. The van der Waals surface area contributed by atoms with Crippen molar-refractivity contribution in [1.82, 2.24) is 9.55 Å². The minimum atomic E-state index is -0.361. The Morgan fingerprint density at radius 3 is 2.48 bits per heavy atom. The molecular weight excluding hydrogens is 312 g/mol. The zero-order valence-corrected chi connectivity index (χ0v) is 15.1. The summed E-state index contributed by atoms with van der Waals surface area (Å²) in [5, 5.41) is 0.903. The van der Waals surface area contributed by atoms with Crippen LogP contribution in [0.1, 0.15) is 38.3 Å². The van der Waals surface area contributed by atoms with Crippen LogP contribution in [0, 0.1) is 20.8 Å². The molecule has 128 valence electrons. The number of methoxy groups -OCH3 is 1. The molecule has 0 N–H and O–H groups in total. The Labute approximate surface area is 147 Å². The Morgan fingerprint density at radius 2 is 1.88 bits per heavy atom. The summed E-state index contributed by atoms with van der Waals surface area (Å²) in [6.45, 7) is 10.6. The lowest BCUT2D eigenvalue weighted by atomic mass is 10.00. The largest absolute Gasteiger partial charge is 0.464 e. The molecule has 0 saturated carbocycles. The molecule has 0 saturated heterocycles. The van der Waals surface area contributed by atoms with Crippen molar-refractivity contribution in [2.24, 2.45) is 0 Å². The van der Waals surface area contributed by atoms with E-state index in [0.29, 0.717) is 12.2 Å². The summed E-state index contributed by atoms with van der Waals surface area (Å²) in [7, 11) is 1.40. The van der Waals surface area contributed by atoms with Gasteiger partial charge in [-0.15, -0.1) is 0 Å². The molecule has 4 nitrogen and oxygen atoms in total. The van der Waals surface area contributed by atoms with E-state index in [0.717, 1.165) is 16.6 Å². The number of ether oxygens (including phenoxy) is 1. The van der Waals surface area contributed by atoms with E-state index >= 15 is 0 Å². The van der Waals surface area contributed by atoms with E-state index in [1.165, 1.54) is 29.4 Å². The predicted molar refractivity (Wildman–Crippen MR) is 101 cm³/mol. The molecule has 0 amide bonds. The van der Waals surface area contributed by atoms with Crippen LogP contribution in [-0.2, 0) is 11.3 Å². The van der Waals surface area contributed by atoms with E-state index in [1.54, 1.807) is 12.3 Å². The van der Waals surface area contributed by atoms with Crippen LogP contribution in [-0.4, -0.2) is 22.6 Å². The molecule has 0 aliphatic carbocycles. The highest BCUT2D eigenvalue weighted by molar-refractivity contribution is 5.95. The Hall–Kier alpha value is -2.88. The summed E-state index contributed by atoms with van der Waals surface area (Å²) in [4.78, 5) is 16.8. The van der Waals surface area contributed by atoms with Crippen LogP contribution in [0.5, 0.6) is 0 Å². The average Bonchev–Trinajstić information content (AvgIpc) is 2.94. The number of pyridine rings is 1. The first-order valence-corrected chi connectivity index (χ1v) is 8.21. The molecule has 0 atom stereocenters. The van der Waals surface area contributed by atoms with Gasteiger partial charge in [-0.25, -0.2) is 9.78 Å². The van der Waals surface area contributed by atoms with Crippen molar-refractivity contribution in [1.29, 1.82) is 0 Å². The summed E-state index contributed by atoms with van der Waals surface area (Å²) in [5.41, 5.74) is 7.04. The summed E-state index contributed by atoms with van der Waals surface area (Å²) >= 11 is 0. The molecule has 0 aliphatic heterocycles. The third-order valence-corrected chi connectivity index (χ3v) is 4.54. The Morgan fingerprint density at radius 1 is 1.20 bits per heavy atom. The van der Waals surface area contributed by atoms with Crippen LogP contribution in [0.15, 0.2) is 37.0 Å². The number of esters is 1. The number of aromatic nitrogens is 2. The van der Waals surface area contributed by atoms with Crippen molar-refractivity contribution in [3.05, 3.63) is 70.6 Å². The smallest absolute Gasteiger partial charge is 0.354 e. The molecule has 1 aromatic carbocycles. The summed E-state index contributed by atoms with van der Waals surface area (Å²) < 4.78 is 6.90. The highest BCUT2D eigenvalue weighted by Gasteiger charge is 2.18. The number of hydrogen-bond donors (Lipinski definition) is 0. The predicted octanol–water partition coefficient (Wildman–Crippen LogP) is 4.44. The molecule has 0 spiro atoms. The van der Waals surface area contributed by atoms with Crippen LogP contribution >= 0.6 is 0 Å². The summed E-state index contributed by atoms with van der Waals surface area (Å²) in [5.74, 6) is -0.361. The topological polar surface area (TPSA) is 44.1 Å². The molecule has 2 aromatic heterocycles. The minimum Gasteiger partial charge on any atom is -0.464 e. The zero-order valence-electron chi connectivity index (χ0n) is 15.1. The number of hydrogen-bond acceptors (Lipinski definition) is 3. The van der Waals surface area contributed by atoms with Crippen LogP contribution in [0.25, 0.3) is 17.1 Å². The lowest BCUT2D eigenvalue weighted by Gasteiger charge is -2.15. The van der Waals surface area contributed by atoms with Gasteiger partial charge in [0.2, 0.25) is 0 Å². The standard InChI is InChI=1S/C21H22N2O2/c1-6-16-9-17-10-19(21(24)25-5)23(20(17)22-11-16)12-18-14(3)7-13(2)8-15(18)4/h6-11H,1,12H2,2-5H3. The third kappa shape index (κ3) is 3.07. The molecule has 0 unspecified atom stereocenters. The number of rotatable bonds is 4. The van der Waals surface area contributed by atoms with Crippen molar-refractivity contribution >= 4 is 23.1 Å². The number of aryl methyl sites for hydroxylation is 3. The number of fused-ring (bicyclic) bond motifs is 1. The van der Waals surface area contributed by atoms with Crippen molar-refractivity contribution in [2.45, 2.75) is 27.3 Å². The van der Waals surface area contributed by atoms with Crippen LogP contribution in [0.4, 0.5) is 0 Å². The van der Waals surface area contributed by atoms with E-state index in [-0.39, 0.29) is 5.97 Å². The van der Waals surface area contributed by atoms with Crippen LogP contribution < -0.4 is 0 Å². The second kappa shape index (κ2) is 6.55. The van der Waals surface area contributed by atoms with Crippen molar-refractivity contribution in [3.8, 4) is 0 Å². The van der Waals surface area contributed by atoms with Gasteiger partial charge in [0, 0.05) is 11.6 Å². The molecule has 0 aliphatic rings. The van der Waals surface area contributed by atoms with Gasteiger partial charge < -0.3 is 9.30 Å². The van der Waals surface area contributed by atoms with E-state index in [9.17, 15) is 4.79 Å². The second-order valence-corrected chi connectivity index (χ2v) is 6.37. The third-order valence-electron chi connectivity index (χ3n) is 4.54. The first kappa shape index (κ1) is 17.0. The molecule has 4 heteroatoms. The van der Waals surface area contributed by atoms with Gasteiger partial charge in [-0.3, -0.25) is 0 Å². The quantitative estimate of drug-likeness (QED) is 0.663. The lowest BCUT2D eigenvalue weighted by molar-refractivity contribution is 0.0589. The fourth-order valence-corrected chi connectivity index (χ4v) is 3.33. The van der Waals surface area contributed by atoms with Gasteiger partial charge in [0.1, 0.15) is 11.3 Å². The second-order valence-electron chi connectivity index (χ2n) is 6.37. The maximum absolute atomic E-state index is 12.3. The van der Waals surface area contributed by atoms with Crippen LogP contribution in [0.2, 0.25) is 0 Å². The Balaban J connectivity index is 2.20. The lowest BCUT2D eigenvalue weighted by Crippen LogP contribution is -2.13. The molecule has 3 rings (SSSR count). The van der Waals surface area contributed by atoms with Gasteiger partial charge in [0.05, 0.1) is 13.7 Å². The molecule has 2 heterocycles. The molecule has 3 aromatic rings. The minimum absolute atomic E-state index is 0.361. The van der Waals surface area contributed by atoms with Gasteiger partial charge in [0.25, 0.3) is 0 Å². The SMILES string of the molecule is C=Cc1cnc2c(c1)cc(C(=O)OC)n2Cc1c(C)cc(C)cc1C. The van der Waals surface area contributed by atoms with E-state index in [4.69, 9.17) is 4.74 Å². The first-order chi connectivity index (χ1) is 11.9. The summed E-state index contributed by atoms with van der Waals surface area (Å²) in [6.07, 6.45) is 3.51. The van der Waals surface area contributed by atoms with Crippen LogP contribution in [0.3, 0.4) is 0 Å². The highest BCUT2D eigenvalue weighted by atomic mass is 16.5. The Kier molecular flexibility index (Phi) is 4.45. The number of carbonyl (C=O) groups is 1. The maximum atomic E-state index is 12.3. The molecule has 0 radical (unpaired) electrons. The van der Waals surface area contributed by atoms with Crippen molar-refractivity contribution < 1.29 is 9.53 Å². The van der Waals surface area contributed by atoms with E-state index in [2.05, 4.69) is 44.5 Å².